The van der Waals surface area contributed by atoms with Gasteiger partial charge in [-0.05, 0) is 60.0 Å². The molecule has 0 unspecified atom stereocenters. The number of ether oxygens (including phenoxy) is 1. The maximum absolute atomic E-state index is 13.2. The molecule has 3 N–H and O–H groups in total. The van der Waals surface area contributed by atoms with Crippen molar-refractivity contribution in [2.75, 3.05) is 17.7 Å². The van der Waals surface area contributed by atoms with Gasteiger partial charge in [0.15, 0.2) is 5.75 Å². The van der Waals surface area contributed by atoms with E-state index in [0.717, 1.165) is 12.1 Å². The van der Waals surface area contributed by atoms with Crippen molar-refractivity contribution in [1.29, 1.82) is 0 Å². The van der Waals surface area contributed by atoms with Gasteiger partial charge in [0.05, 0.1) is 28.9 Å². The molecule has 2 amide bonds. The monoisotopic (exact) mass is 618 g/mol. The summed E-state index contributed by atoms with van der Waals surface area (Å²) in [6.07, 6.45) is -4.66. The van der Waals surface area contributed by atoms with Crippen LogP contribution in [0.25, 0.3) is 10.8 Å². The van der Waals surface area contributed by atoms with Crippen molar-refractivity contribution in [1.82, 2.24) is 0 Å². The molecule has 0 aliphatic carbocycles. The van der Waals surface area contributed by atoms with E-state index >= 15 is 0 Å². The van der Waals surface area contributed by atoms with Crippen LogP contribution in [0.15, 0.2) is 107 Å². The number of carbonyl (C=O) groups is 2. The van der Waals surface area contributed by atoms with Crippen LogP contribution in [0.3, 0.4) is 0 Å². The number of amides is 2. The number of benzene rings is 5. The normalized spacial score (nSPS) is 11.5. The van der Waals surface area contributed by atoms with Gasteiger partial charge in [-0.1, -0.05) is 54.1 Å². The average molecular weight is 619 g/mol. The summed E-state index contributed by atoms with van der Waals surface area (Å²) < 4.78 is 45.1. The number of azo groups is 1. The van der Waals surface area contributed by atoms with Crippen LogP contribution in [0.1, 0.15) is 26.3 Å². The van der Waals surface area contributed by atoms with Crippen LogP contribution < -0.4 is 15.4 Å². The molecule has 0 bridgehead atoms. The van der Waals surface area contributed by atoms with E-state index in [2.05, 4.69) is 20.9 Å². The second-order valence-corrected chi connectivity index (χ2v) is 9.80. The van der Waals surface area contributed by atoms with Crippen LogP contribution in [0, 0.1) is 0 Å². The van der Waals surface area contributed by atoms with E-state index in [1.165, 1.54) is 25.3 Å². The summed E-state index contributed by atoms with van der Waals surface area (Å²) in [7, 11) is 1.41. The molecule has 12 heteroatoms. The molecular formula is C32H22ClF3N4O4. The highest BCUT2D eigenvalue weighted by molar-refractivity contribution is 6.34. The number of methoxy groups -OCH3 is 1. The van der Waals surface area contributed by atoms with Crippen molar-refractivity contribution in [3.05, 3.63) is 119 Å². The van der Waals surface area contributed by atoms with Crippen molar-refractivity contribution in [2.24, 2.45) is 10.2 Å². The first-order chi connectivity index (χ1) is 21.0. The number of anilines is 2. The van der Waals surface area contributed by atoms with Crippen LogP contribution in [0.4, 0.5) is 35.9 Å². The third-order valence-corrected chi connectivity index (χ3v) is 6.84. The van der Waals surface area contributed by atoms with E-state index in [4.69, 9.17) is 16.3 Å². The lowest BCUT2D eigenvalue weighted by molar-refractivity contribution is -0.137. The maximum Gasteiger partial charge on any atom is 0.416 e. The van der Waals surface area contributed by atoms with Gasteiger partial charge in [0.1, 0.15) is 17.1 Å². The van der Waals surface area contributed by atoms with Crippen molar-refractivity contribution in [2.45, 2.75) is 6.18 Å². The number of aromatic hydroxyl groups is 1. The highest BCUT2D eigenvalue weighted by Gasteiger charge is 2.31. The van der Waals surface area contributed by atoms with Crippen molar-refractivity contribution in [3.63, 3.8) is 0 Å². The van der Waals surface area contributed by atoms with E-state index in [-0.39, 0.29) is 39.0 Å². The smallest absolute Gasteiger partial charge is 0.416 e. The number of nitrogens with one attached hydrogen (secondary N) is 2. The number of hydrogen-bond acceptors (Lipinski definition) is 6. The van der Waals surface area contributed by atoms with Crippen LogP contribution >= 0.6 is 11.6 Å². The number of alkyl halides is 3. The Bertz CT molecular complexity index is 1910. The molecule has 0 spiro atoms. The molecule has 5 aromatic rings. The minimum atomic E-state index is -4.66. The summed E-state index contributed by atoms with van der Waals surface area (Å²) in [5, 5.41) is 25.5. The largest absolute Gasteiger partial charge is 0.505 e. The van der Waals surface area contributed by atoms with Crippen LogP contribution in [0.5, 0.6) is 11.5 Å². The SMILES string of the molecule is COc1ccc(C(=O)Nc2ccccc2)cc1N=Nc1c(O)c(C(=O)Nc2cc(C(F)(F)F)ccc2Cl)cc2ccccc12. The van der Waals surface area contributed by atoms with Gasteiger partial charge in [-0.3, -0.25) is 9.59 Å². The summed E-state index contributed by atoms with van der Waals surface area (Å²) in [4.78, 5) is 26.1. The molecule has 8 nitrogen and oxygen atoms in total. The summed E-state index contributed by atoms with van der Waals surface area (Å²) >= 11 is 6.05. The second kappa shape index (κ2) is 12.4. The lowest BCUT2D eigenvalue weighted by Crippen LogP contribution is -2.14. The molecule has 5 rings (SSSR count). The van der Waals surface area contributed by atoms with E-state index in [1.54, 1.807) is 54.6 Å². The van der Waals surface area contributed by atoms with Gasteiger partial charge in [-0.2, -0.15) is 13.2 Å². The Hall–Kier alpha value is -5.42. The number of rotatable bonds is 7. The van der Waals surface area contributed by atoms with Gasteiger partial charge in [0.2, 0.25) is 0 Å². The quantitative estimate of drug-likeness (QED) is 0.158. The molecule has 0 saturated carbocycles. The number of fused-ring (bicyclic) bond motifs is 1. The van der Waals surface area contributed by atoms with E-state index in [1.807, 2.05) is 6.07 Å². The highest BCUT2D eigenvalue weighted by Crippen LogP contribution is 2.41. The fraction of sp³-hybridized carbons (Fsp3) is 0.0625. The molecule has 44 heavy (non-hydrogen) atoms. The predicted molar refractivity (Wildman–Crippen MR) is 162 cm³/mol. The molecule has 0 aliphatic rings. The van der Waals surface area contributed by atoms with Crippen LogP contribution in [-0.4, -0.2) is 24.0 Å². The molecule has 5 aromatic carbocycles. The van der Waals surface area contributed by atoms with Gasteiger partial charge >= 0.3 is 6.18 Å². The zero-order valence-corrected chi connectivity index (χ0v) is 23.6. The molecule has 0 radical (unpaired) electrons. The van der Waals surface area contributed by atoms with Crippen molar-refractivity contribution in [3.8, 4) is 11.5 Å². The Morgan fingerprint density at radius 1 is 0.841 bits per heavy atom. The van der Waals surface area contributed by atoms with E-state index < -0.39 is 29.3 Å². The average Bonchev–Trinajstić information content (AvgIpc) is 3.01. The summed E-state index contributed by atoms with van der Waals surface area (Å²) in [5.74, 6) is -1.63. The molecule has 0 aliphatic heterocycles. The maximum atomic E-state index is 13.2. The fourth-order valence-corrected chi connectivity index (χ4v) is 4.48. The van der Waals surface area contributed by atoms with Gasteiger partial charge in [-0.25, -0.2) is 0 Å². The number of hydrogen-bond donors (Lipinski definition) is 3. The van der Waals surface area contributed by atoms with Gasteiger partial charge in [0, 0.05) is 16.6 Å². The Labute approximate surface area is 253 Å². The zero-order chi connectivity index (χ0) is 31.4. The third-order valence-electron chi connectivity index (χ3n) is 6.51. The molecular weight excluding hydrogens is 597 g/mol. The minimum Gasteiger partial charge on any atom is -0.505 e. The van der Waals surface area contributed by atoms with E-state index in [0.29, 0.717) is 22.5 Å². The number of carbonyl (C=O) groups excluding carboxylic acids is 2. The van der Waals surface area contributed by atoms with Crippen LogP contribution in [0.2, 0.25) is 5.02 Å². The molecule has 0 atom stereocenters. The molecule has 222 valence electrons. The van der Waals surface area contributed by atoms with Crippen molar-refractivity contribution < 1.29 is 32.6 Å². The first-order valence-electron chi connectivity index (χ1n) is 12.9. The standard InChI is InChI=1S/C32H22ClF3N4O4/c1-44-27-14-11-19(30(42)37-21-8-3-2-4-9-21)16-26(27)39-40-28-22-10-6-5-7-18(22)15-23(29(28)41)31(43)38-25-17-20(32(34,35)36)12-13-24(25)33/h2-17,41H,1H3,(H,37,42)(H,38,43). The Morgan fingerprint density at radius 3 is 2.30 bits per heavy atom. The number of para-hydroxylation sites is 1. The van der Waals surface area contributed by atoms with E-state index in [9.17, 15) is 27.9 Å². The first kappa shape index (κ1) is 30.1. The number of phenols is 1. The van der Waals surface area contributed by atoms with Gasteiger partial charge in [-0.15, -0.1) is 10.2 Å². The number of phenolic OH excluding ortho intramolecular Hbond substituents is 1. The molecule has 0 aromatic heterocycles. The molecule has 0 fully saturated rings. The molecule has 0 heterocycles. The minimum absolute atomic E-state index is 0.0930. The summed E-state index contributed by atoms with van der Waals surface area (Å²) in [6, 6.07) is 24.0. The van der Waals surface area contributed by atoms with Gasteiger partial charge in [0.25, 0.3) is 11.8 Å². The third kappa shape index (κ3) is 6.47. The first-order valence-corrected chi connectivity index (χ1v) is 13.3. The zero-order valence-electron chi connectivity index (χ0n) is 22.8. The summed E-state index contributed by atoms with van der Waals surface area (Å²) in [5.41, 5.74) is -0.681. The lowest BCUT2D eigenvalue weighted by Gasteiger charge is -2.14. The number of halogens is 4. The Balaban J connectivity index is 1.52. The predicted octanol–water partition coefficient (Wildman–Crippen LogP) is 9.15. The Morgan fingerprint density at radius 2 is 1.57 bits per heavy atom. The topological polar surface area (TPSA) is 112 Å². The number of nitrogens with zero attached hydrogens (tertiary/aromatic N) is 2. The molecule has 0 saturated heterocycles. The lowest BCUT2D eigenvalue weighted by atomic mass is 10.0. The van der Waals surface area contributed by atoms with Crippen molar-refractivity contribution >= 4 is 56.9 Å². The summed E-state index contributed by atoms with van der Waals surface area (Å²) in [6.45, 7) is 0. The van der Waals surface area contributed by atoms with Crippen LogP contribution in [-0.2, 0) is 6.18 Å². The fourth-order valence-electron chi connectivity index (χ4n) is 4.32. The van der Waals surface area contributed by atoms with Gasteiger partial charge < -0.3 is 20.5 Å². The highest BCUT2D eigenvalue weighted by atomic mass is 35.5. The second-order valence-electron chi connectivity index (χ2n) is 9.40. The Kier molecular flexibility index (Phi) is 8.50.